The first-order valence-electron chi connectivity index (χ1n) is 44.0. The zero-order chi connectivity index (χ0) is 92.6. The minimum atomic E-state index is -0.224. The molecule has 0 radical (unpaired) electrons. The lowest BCUT2D eigenvalue weighted by Crippen LogP contribution is -2.41. The molecule has 0 spiro atoms. The lowest BCUT2D eigenvalue weighted by Gasteiger charge is -2.32. The molecule has 662 valence electrons. The standard InChI is InChI=1S/C16H23NO.C16H25N.C15H22N2S.C14H21N3O.C14H21N3S.C14H21N3.6C2H6/c1-15(2,3)13-9-7-8-11-12(13)10-17(14(11)18)16(4,5)6;1-15(2,3)14-9-7-8-12-10-17(11-13(12)14)16(4,5)6;1-14(2,3)11-8-7-9-16-12(11)10-17(13(16)18)15(4,5)6;2*1-13(2,3)11-10-9-17(14(4,5)6)12(18)16(10)8-7-15-11;1-13(2,3)12-10-9-17(14(4,5)6)16-11(10)7-8-15-12;6*1-2/h7-9H,10H2,1-6H3;7-9H,10-11H2,1-6H3;7-10H,1-6H3;2*7-9H,1-6H3;7-9H,1-6H3;6*1-2H3. The summed E-state index contributed by atoms with van der Waals surface area (Å²) in [6.07, 6.45) is 19.4. The number of imidazole rings is 3. The molecule has 2 aromatic carbocycles. The highest BCUT2D eigenvalue weighted by Gasteiger charge is 2.38. The van der Waals surface area contributed by atoms with E-state index in [2.05, 4.69) is 328 Å². The third-order valence-corrected chi connectivity index (χ3v) is 20.2. The topological polar surface area (TPSA) is 125 Å². The maximum atomic E-state index is 12.4. The van der Waals surface area contributed by atoms with Gasteiger partial charge in [-0.1, -0.05) is 244 Å². The van der Waals surface area contributed by atoms with Crippen LogP contribution < -0.4 is 5.69 Å². The Balaban J connectivity index is 0.000000689. The fourth-order valence-electron chi connectivity index (χ4n) is 13.4. The molecule has 0 unspecified atom stereocenters. The van der Waals surface area contributed by atoms with Crippen LogP contribution >= 0.6 is 24.4 Å². The number of hydrogen-bond donors (Lipinski definition) is 0. The smallest absolute Gasteiger partial charge is 0.329 e. The van der Waals surface area contributed by atoms with Crippen molar-refractivity contribution in [3.8, 4) is 0 Å². The highest BCUT2D eigenvalue weighted by molar-refractivity contribution is 7.71. The maximum Gasteiger partial charge on any atom is 0.333 e. The summed E-state index contributed by atoms with van der Waals surface area (Å²) >= 11 is 11.1. The minimum Gasteiger partial charge on any atom is -0.329 e. The molecule has 0 saturated heterocycles. The zero-order valence-electron chi connectivity index (χ0n) is 84.0. The summed E-state index contributed by atoms with van der Waals surface area (Å²) < 4.78 is 15.6. The van der Waals surface area contributed by atoms with Crippen LogP contribution in [-0.4, -0.2) is 78.4 Å². The van der Waals surface area contributed by atoms with Crippen molar-refractivity contribution in [1.29, 1.82) is 0 Å². The van der Waals surface area contributed by atoms with Crippen LogP contribution in [0.3, 0.4) is 0 Å². The van der Waals surface area contributed by atoms with Crippen LogP contribution in [0.2, 0.25) is 0 Å². The fourth-order valence-corrected chi connectivity index (χ4v) is 14.4. The monoisotopic (exact) mass is 1660 g/mol. The van der Waals surface area contributed by atoms with Crippen molar-refractivity contribution in [2.75, 3.05) is 0 Å². The van der Waals surface area contributed by atoms with Gasteiger partial charge in [-0.05, 0) is 217 Å². The Labute approximate surface area is 729 Å². The van der Waals surface area contributed by atoms with Gasteiger partial charge >= 0.3 is 5.69 Å². The van der Waals surface area contributed by atoms with Crippen LogP contribution in [0.5, 0.6) is 0 Å². The summed E-state index contributed by atoms with van der Waals surface area (Å²) in [5, 5.41) is 5.80. The van der Waals surface area contributed by atoms with E-state index in [0.29, 0.717) is 0 Å². The van der Waals surface area contributed by atoms with Crippen LogP contribution in [0, 0.1) is 9.54 Å². The normalized spacial score (nSPS) is 13.2. The third-order valence-electron chi connectivity index (χ3n) is 19.4. The number of pyridine rings is 2. The molecule has 0 atom stereocenters. The molecule has 0 bridgehead atoms. The Bertz CT molecular complexity index is 4700. The number of nitrogens with zero attached hydrogens (tertiary/aromatic N) is 13. The second-order valence-electron chi connectivity index (χ2n) is 41.3. The summed E-state index contributed by atoms with van der Waals surface area (Å²) in [7, 11) is 0. The highest BCUT2D eigenvalue weighted by atomic mass is 32.1. The number of benzene rings is 2. The number of carbonyl (C=O) groups excluding carboxylic acids is 1. The predicted octanol–water partition coefficient (Wildman–Crippen LogP) is 28.5. The Morgan fingerprint density at radius 1 is 0.331 bits per heavy atom. The number of aromatic nitrogens is 11. The van der Waals surface area contributed by atoms with Gasteiger partial charge in [0.25, 0.3) is 5.91 Å². The fraction of sp³-hybridized carbons (Fsp3) is 0.624. The van der Waals surface area contributed by atoms with Crippen molar-refractivity contribution in [2.45, 2.75) is 418 Å². The first-order valence-corrected chi connectivity index (χ1v) is 44.8. The van der Waals surface area contributed by atoms with Crippen LogP contribution in [0.25, 0.3) is 27.5 Å². The number of rotatable bonds is 0. The molecule has 10 aromatic rings. The van der Waals surface area contributed by atoms with Crippen LogP contribution in [0.15, 0.2) is 121 Å². The van der Waals surface area contributed by atoms with Gasteiger partial charge in [-0.25, -0.2) is 4.79 Å². The summed E-state index contributed by atoms with van der Waals surface area (Å²) in [5.74, 6) is 0.170. The van der Waals surface area contributed by atoms with E-state index in [0.717, 1.165) is 73.8 Å². The molecule has 118 heavy (non-hydrogen) atoms. The lowest BCUT2D eigenvalue weighted by molar-refractivity contribution is 0.0609. The summed E-state index contributed by atoms with van der Waals surface area (Å²) in [4.78, 5) is 42.8. The molecule has 1 amide bonds. The van der Waals surface area contributed by atoms with E-state index in [1.165, 1.54) is 33.3 Å². The molecule has 0 aliphatic carbocycles. The Kier molecular flexibility index (Phi) is 39.1. The molecule has 8 aromatic heterocycles. The van der Waals surface area contributed by atoms with E-state index in [1.807, 2.05) is 161 Å². The molecule has 15 nitrogen and oxygen atoms in total. The van der Waals surface area contributed by atoms with Crippen LogP contribution in [0.1, 0.15) is 393 Å². The summed E-state index contributed by atoms with van der Waals surface area (Å²) in [6, 6.07) is 19.2. The van der Waals surface area contributed by atoms with Crippen LogP contribution in [-0.2, 0) is 74.3 Å². The average Bonchev–Trinajstić information content (AvgIpc) is 1.63. The number of hydrogen-bond acceptors (Lipinski definition) is 9. The van der Waals surface area contributed by atoms with Crippen molar-refractivity contribution in [3.63, 3.8) is 0 Å². The van der Waals surface area contributed by atoms with Gasteiger partial charge in [-0.2, -0.15) is 5.10 Å². The lowest BCUT2D eigenvalue weighted by atomic mass is 9.83. The number of carbonyl (C=O) groups is 1. The first-order chi connectivity index (χ1) is 53.9. The van der Waals surface area contributed by atoms with Crippen LogP contribution in [0.4, 0.5) is 0 Å². The van der Waals surface area contributed by atoms with Crippen molar-refractivity contribution in [3.05, 3.63) is 193 Å². The van der Waals surface area contributed by atoms with Crippen molar-refractivity contribution >= 4 is 57.8 Å². The Morgan fingerprint density at radius 2 is 0.712 bits per heavy atom. The van der Waals surface area contributed by atoms with Gasteiger partial charge in [0, 0.05) is 136 Å². The van der Waals surface area contributed by atoms with Gasteiger partial charge < -0.3 is 14.0 Å². The Hall–Kier alpha value is -7.34. The van der Waals surface area contributed by atoms with E-state index in [1.54, 1.807) is 26.9 Å². The molecule has 0 fully saturated rings. The number of amides is 1. The first kappa shape index (κ1) is 109. The van der Waals surface area contributed by atoms with Gasteiger partial charge in [0.05, 0.1) is 44.7 Å². The molecule has 10 heterocycles. The second kappa shape index (κ2) is 42.4. The molecule has 17 heteroatoms. The maximum absolute atomic E-state index is 12.4. The minimum absolute atomic E-state index is 0.00811. The van der Waals surface area contributed by atoms with Crippen molar-refractivity contribution in [1.82, 2.24) is 61.4 Å². The average molecular weight is 1660 g/mol. The predicted molar refractivity (Wildman–Crippen MR) is 519 cm³/mol. The van der Waals surface area contributed by atoms with Crippen molar-refractivity contribution in [2.24, 2.45) is 0 Å². The summed E-state index contributed by atoms with van der Waals surface area (Å²) in [6.45, 7) is 105. The van der Waals surface area contributed by atoms with Gasteiger partial charge in [-0.15, -0.1) is 0 Å². The summed E-state index contributed by atoms with van der Waals surface area (Å²) in [5.41, 5.74) is 17.1. The number of fused-ring (bicyclic) bond motifs is 6. The van der Waals surface area contributed by atoms with E-state index in [-0.39, 0.29) is 77.3 Å². The second-order valence-corrected chi connectivity index (χ2v) is 42.0. The van der Waals surface area contributed by atoms with Gasteiger partial charge in [0.15, 0.2) is 9.54 Å². The van der Waals surface area contributed by atoms with E-state index < -0.39 is 0 Å². The quantitative estimate of drug-likeness (QED) is 0.136. The molecule has 0 saturated carbocycles. The third kappa shape index (κ3) is 27.8. The highest BCUT2D eigenvalue weighted by Crippen LogP contribution is 2.39. The molecule has 12 rings (SSSR count). The Morgan fingerprint density at radius 3 is 1.12 bits per heavy atom. The van der Waals surface area contributed by atoms with Crippen molar-refractivity contribution < 1.29 is 4.79 Å². The van der Waals surface area contributed by atoms with E-state index in [9.17, 15) is 9.59 Å². The zero-order valence-corrected chi connectivity index (χ0v) is 85.7. The van der Waals surface area contributed by atoms with Gasteiger partial charge in [0.2, 0.25) is 0 Å². The molecule has 2 aliphatic rings. The molecule has 0 N–H and O–H groups in total. The van der Waals surface area contributed by atoms with E-state index >= 15 is 0 Å². The largest absolute Gasteiger partial charge is 0.333 e. The van der Waals surface area contributed by atoms with Gasteiger partial charge in [-0.3, -0.25) is 47.1 Å². The SMILES string of the molecule is CC.CC.CC.CC.CC.CC.CC(C)(C)c1cccc2c1CN(C(C)(C)C)C2.CC(C)(C)c1cccc2c1CN(C(C)(C)C)C2=O.CC(C)(C)c1cccn2c(=S)n(C(C)(C)C)cc12.CC(C)(C)c1nccc2nn(C(C)(C)C)cc12.CC(C)(C)c1nccn2c(=O)n(C(C)(C)C)cc12.CC(C)(C)c1nccn2c(=S)n(C(C)(C)C)cc12. The molecule has 2 aliphatic heterocycles. The molecular weight excluding hydrogens is 1490 g/mol. The van der Waals surface area contributed by atoms with E-state index in [4.69, 9.17) is 24.4 Å². The van der Waals surface area contributed by atoms with Gasteiger partial charge in [0.1, 0.15) is 0 Å². The molecular formula is C101H169N13O2S2.